The molecule has 0 amide bonds. The Hall–Kier alpha value is -2.34. The van der Waals surface area contributed by atoms with E-state index in [1.54, 1.807) is 0 Å². The lowest BCUT2D eigenvalue weighted by Crippen LogP contribution is -2.65. The van der Waals surface area contributed by atoms with Crippen molar-refractivity contribution in [2.24, 2.45) is 5.92 Å². The van der Waals surface area contributed by atoms with Gasteiger partial charge in [-0.15, -0.1) is 0 Å². The van der Waals surface area contributed by atoms with Crippen molar-refractivity contribution in [2.75, 3.05) is 11.7 Å². The fourth-order valence-electron chi connectivity index (χ4n) is 3.51. The van der Waals surface area contributed by atoms with Gasteiger partial charge in [-0.05, 0) is 13.0 Å². The third-order valence-electron chi connectivity index (χ3n) is 4.56. The van der Waals surface area contributed by atoms with Gasteiger partial charge in [0.1, 0.15) is 17.4 Å². The van der Waals surface area contributed by atoms with E-state index in [2.05, 4.69) is 0 Å². The molecule has 2 aliphatic rings. The van der Waals surface area contributed by atoms with E-state index in [0.29, 0.717) is 11.1 Å². The molecule has 3 atom stereocenters. The minimum atomic E-state index is -5.29. The second kappa shape index (κ2) is 6.34. The maximum absolute atomic E-state index is 13.2. The second-order valence-corrected chi connectivity index (χ2v) is 7.90. The lowest BCUT2D eigenvalue weighted by molar-refractivity contribution is -0.384. The molecule has 1 aromatic carbocycles. The van der Waals surface area contributed by atoms with E-state index in [9.17, 15) is 47.2 Å². The smallest absolute Gasteiger partial charge is 0.324 e. The number of alkyl halides is 3. The quantitative estimate of drug-likeness (QED) is 0.319. The van der Waals surface area contributed by atoms with Gasteiger partial charge in [0.15, 0.2) is 0 Å². The Balaban J connectivity index is 2.40. The Morgan fingerprint density at radius 3 is 2.36 bits per heavy atom. The minimum absolute atomic E-state index is 0.178. The van der Waals surface area contributed by atoms with E-state index >= 15 is 0 Å². The molecule has 3 unspecified atom stereocenters. The van der Waals surface area contributed by atoms with Crippen LogP contribution in [0.15, 0.2) is 12.1 Å². The first kappa shape index (κ1) is 20.4. The Kier molecular flexibility index (Phi) is 4.62. The molecule has 2 N–H and O–H groups in total. The molecule has 0 saturated heterocycles. The number of nitro groups is 1. The van der Waals surface area contributed by atoms with Gasteiger partial charge in [-0.1, -0.05) is 0 Å². The first-order valence-corrected chi connectivity index (χ1v) is 9.43. The van der Waals surface area contributed by atoms with Gasteiger partial charge in [0, 0.05) is 11.6 Å². The zero-order valence-corrected chi connectivity index (χ0v) is 14.8. The van der Waals surface area contributed by atoms with Gasteiger partial charge < -0.3 is 9.79 Å². The summed E-state index contributed by atoms with van der Waals surface area (Å²) in [5.74, 6) is -3.97. The number of benzene rings is 1. The van der Waals surface area contributed by atoms with Crippen molar-refractivity contribution < 1.29 is 46.9 Å². The number of fused-ring (bicyclic) bond motifs is 2. The number of carbonyl (C=O) groups is 2. The van der Waals surface area contributed by atoms with Gasteiger partial charge >= 0.3 is 13.8 Å². The molecular formula is C14H12F3N2O8P. The van der Waals surface area contributed by atoms with Crippen LogP contribution >= 0.6 is 7.60 Å². The average Bonchev–Trinajstić information content (AvgIpc) is 2.57. The standard InChI is InChI=1S/C14H12F3N2O8P/c1-2-27-18-9-6(3-5(14(15,16)17)4-7(9)19(22)23)13(28(24,25)26)8-10(18)12(21)11(8)20/h3-4,8,10,13H,2H2,1H3,(H2,24,25,26). The lowest BCUT2D eigenvalue weighted by Gasteiger charge is -2.48. The molecule has 1 aromatic rings. The molecule has 1 heterocycles. The SMILES string of the molecule is CCON1c2c(cc(C(F)(F)F)cc2[N+](=O)[O-])C(P(=O)(O)O)C2C(=O)C(=O)C21. The van der Waals surface area contributed by atoms with Crippen molar-refractivity contribution in [3.63, 3.8) is 0 Å². The van der Waals surface area contributed by atoms with E-state index in [1.165, 1.54) is 6.92 Å². The van der Waals surface area contributed by atoms with Gasteiger partial charge in [-0.3, -0.25) is 29.1 Å². The first-order chi connectivity index (χ1) is 12.8. The van der Waals surface area contributed by atoms with Crippen molar-refractivity contribution in [2.45, 2.75) is 24.8 Å². The van der Waals surface area contributed by atoms with E-state index in [-0.39, 0.29) is 12.7 Å². The van der Waals surface area contributed by atoms with Crippen molar-refractivity contribution in [3.8, 4) is 0 Å². The Bertz CT molecular complexity index is 943. The summed E-state index contributed by atoms with van der Waals surface area (Å²) < 4.78 is 51.7. The molecule has 3 rings (SSSR count). The van der Waals surface area contributed by atoms with Crippen molar-refractivity contribution in [3.05, 3.63) is 33.4 Å². The zero-order chi connectivity index (χ0) is 21.2. The average molecular weight is 424 g/mol. The van der Waals surface area contributed by atoms with E-state index in [4.69, 9.17) is 4.84 Å². The van der Waals surface area contributed by atoms with Crippen LogP contribution in [0, 0.1) is 16.0 Å². The number of hydrogen-bond donors (Lipinski definition) is 2. The molecule has 1 aliphatic heterocycles. The zero-order valence-electron chi connectivity index (χ0n) is 13.9. The number of hydroxylamine groups is 1. The van der Waals surface area contributed by atoms with Crippen LogP contribution in [0.3, 0.4) is 0 Å². The molecule has 0 aromatic heterocycles. The second-order valence-electron chi connectivity index (χ2n) is 6.16. The normalized spacial score (nSPS) is 24.5. The highest BCUT2D eigenvalue weighted by atomic mass is 31.2. The van der Waals surface area contributed by atoms with Crippen LogP contribution in [0.4, 0.5) is 24.5 Å². The number of hydrogen-bond acceptors (Lipinski definition) is 7. The summed E-state index contributed by atoms with van der Waals surface area (Å²) in [5.41, 5.74) is -6.28. The van der Waals surface area contributed by atoms with E-state index in [1.807, 2.05) is 0 Å². The van der Waals surface area contributed by atoms with Crippen LogP contribution in [-0.2, 0) is 25.2 Å². The topological polar surface area (TPSA) is 147 Å². The number of nitrogens with zero attached hydrogens (tertiary/aromatic N) is 2. The number of ketones is 2. The molecule has 1 aliphatic carbocycles. The van der Waals surface area contributed by atoms with Crippen molar-refractivity contribution in [1.29, 1.82) is 0 Å². The van der Waals surface area contributed by atoms with Crippen molar-refractivity contribution in [1.82, 2.24) is 0 Å². The lowest BCUT2D eigenvalue weighted by atomic mass is 9.69. The number of anilines is 1. The molecular weight excluding hydrogens is 412 g/mol. The molecule has 0 radical (unpaired) electrons. The fourth-order valence-corrected chi connectivity index (χ4v) is 4.78. The molecule has 0 spiro atoms. The Morgan fingerprint density at radius 1 is 1.29 bits per heavy atom. The van der Waals surface area contributed by atoms with Gasteiger partial charge in [-0.2, -0.15) is 13.2 Å². The fraction of sp³-hybridized carbons (Fsp3) is 0.429. The third-order valence-corrected chi connectivity index (χ3v) is 5.88. The molecule has 10 nitrogen and oxygen atoms in total. The third kappa shape index (κ3) is 2.91. The molecule has 14 heteroatoms. The van der Waals surface area contributed by atoms with Crippen LogP contribution in [0.25, 0.3) is 0 Å². The van der Waals surface area contributed by atoms with E-state index in [0.717, 1.165) is 0 Å². The highest BCUT2D eigenvalue weighted by Gasteiger charge is 2.65. The summed E-state index contributed by atoms with van der Waals surface area (Å²) in [4.78, 5) is 58.8. The van der Waals surface area contributed by atoms with E-state index < -0.39 is 70.4 Å². The minimum Gasteiger partial charge on any atom is -0.324 e. The van der Waals surface area contributed by atoms with Crippen LogP contribution in [0.5, 0.6) is 0 Å². The number of rotatable bonds is 4. The maximum Gasteiger partial charge on any atom is 0.416 e. The monoisotopic (exact) mass is 424 g/mol. The largest absolute Gasteiger partial charge is 0.416 e. The van der Waals surface area contributed by atoms with Gasteiger partial charge in [0.2, 0.25) is 11.6 Å². The van der Waals surface area contributed by atoms with Gasteiger partial charge in [0.25, 0.3) is 5.69 Å². The van der Waals surface area contributed by atoms with Crippen LogP contribution in [0.1, 0.15) is 23.7 Å². The molecule has 0 bridgehead atoms. The predicted molar refractivity (Wildman–Crippen MR) is 84.3 cm³/mol. The highest BCUT2D eigenvalue weighted by molar-refractivity contribution is 7.52. The molecule has 28 heavy (non-hydrogen) atoms. The summed E-state index contributed by atoms with van der Waals surface area (Å²) in [6.45, 7) is 1.24. The summed E-state index contributed by atoms with van der Waals surface area (Å²) in [6, 6.07) is -1.05. The Labute approximate surface area is 154 Å². The predicted octanol–water partition coefficient (Wildman–Crippen LogP) is 1.74. The summed E-state index contributed by atoms with van der Waals surface area (Å²) in [5, 5.41) is 12.0. The van der Waals surface area contributed by atoms with Crippen LogP contribution in [0.2, 0.25) is 0 Å². The number of nitro benzene ring substituents is 1. The number of Topliss-reactive ketones (excluding diaryl/α,β-unsaturated/α-hetero) is 2. The van der Waals surface area contributed by atoms with Crippen LogP contribution in [-0.4, -0.2) is 38.9 Å². The number of halogens is 3. The summed E-state index contributed by atoms with van der Waals surface area (Å²) in [6.07, 6.45) is -5.06. The Morgan fingerprint density at radius 2 is 1.89 bits per heavy atom. The highest BCUT2D eigenvalue weighted by Crippen LogP contribution is 2.65. The molecule has 1 fully saturated rings. The first-order valence-electron chi connectivity index (χ1n) is 7.75. The maximum atomic E-state index is 13.2. The van der Waals surface area contributed by atoms with Gasteiger partial charge in [-0.25, -0.2) is 5.06 Å². The number of carbonyl (C=O) groups excluding carboxylic acids is 2. The van der Waals surface area contributed by atoms with Crippen LogP contribution < -0.4 is 5.06 Å². The van der Waals surface area contributed by atoms with Gasteiger partial charge in [0.05, 0.1) is 23.0 Å². The molecule has 152 valence electrons. The van der Waals surface area contributed by atoms with Crippen molar-refractivity contribution >= 4 is 30.5 Å². The molecule has 1 saturated carbocycles. The summed E-state index contributed by atoms with van der Waals surface area (Å²) >= 11 is 0. The summed E-state index contributed by atoms with van der Waals surface area (Å²) in [7, 11) is -5.29.